The van der Waals surface area contributed by atoms with Crippen LogP contribution in [0.4, 0.5) is 10.2 Å². The van der Waals surface area contributed by atoms with Gasteiger partial charge in [0.25, 0.3) is 11.5 Å². The molecule has 2 N–H and O–H groups in total. The largest absolute Gasteiger partial charge is 0.306 e. The summed E-state index contributed by atoms with van der Waals surface area (Å²) in [6, 6.07) is 14.6. The summed E-state index contributed by atoms with van der Waals surface area (Å²) < 4.78 is 16.1. The molecule has 0 atom stereocenters. The standard InChI is InChI=1S/C23H18FN7O2/c1-13-5-3-4-6-17(13)21(32)26-19-11-14(2)29-31(19)23-27-20-18(22(33)28-23)12-25-30(20)16-9-7-15(24)8-10-16/h3-12H,1-2H3,(H,26,32)(H,27,28,33). The molecule has 10 heteroatoms. The van der Waals surface area contributed by atoms with Crippen LogP contribution in [0.2, 0.25) is 0 Å². The van der Waals surface area contributed by atoms with E-state index in [2.05, 4.69) is 25.5 Å². The highest BCUT2D eigenvalue weighted by molar-refractivity contribution is 6.05. The number of fused-ring (bicyclic) bond motifs is 1. The molecule has 5 rings (SSSR count). The van der Waals surface area contributed by atoms with Crippen LogP contribution in [0.1, 0.15) is 21.6 Å². The summed E-state index contributed by atoms with van der Waals surface area (Å²) in [7, 11) is 0. The second kappa shape index (κ2) is 7.83. The number of halogens is 1. The highest BCUT2D eigenvalue weighted by Gasteiger charge is 2.18. The molecule has 2 aromatic carbocycles. The Morgan fingerprint density at radius 1 is 1.06 bits per heavy atom. The van der Waals surface area contributed by atoms with Gasteiger partial charge in [-0.3, -0.25) is 14.6 Å². The zero-order valence-corrected chi connectivity index (χ0v) is 17.7. The summed E-state index contributed by atoms with van der Waals surface area (Å²) in [6.07, 6.45) is 1.39. The monoisotopic (exact) mass is 443 g/mol. The molecule has 3 heterocycles. The van der Waals surface area contributed by atoms with E-state index in [4.69, 9.17) is 0 Å². The van der Waals surface area contributed by atoms with Crippen LogP contribution in [-0.2, 0) is 0 Å². The fraction of sp³-hybridized carbons (Fsp3) is 0.0870. The number of rotatable bonds is 4. The van der Waals surface area contributed by atoms with Gasteiger partial charge in [0.1, 0.15) is 17.0 Å². The van der Waals surface area contributed by atoms with Crippen LogP contribution in [0, 0.1) is 19.7 Å². The molecular formula is C23H18FN7O2. The molecule has 0 unspecified atom stereocenters. The molecule has 0 saturated carbocycles. The minimum absolute atomic E-state index is 0.101. The van der Waals surface area contributed by atoms with Gasteiger partial charge in [-0.1, -0.05) is 18.2 Å². The van der Waals surface area contributed by atoms with Crippen molar-refractivity contribution in [1.82, 2.24) is 29.5 Å². The van der Waals surface area contributed by atoms with E-state index in [1.54, 1.807) is 25.1 Å². The van der Waals surface area contributed by atoms with Gasteiger partial charge in [0.05, 0.1) is 17.6 Å². The minimum atomic E-state index is -0.423. The first-order valence-corrected chi connectivity index (χ1v) is 10.1. The van der Waals surface area contributed by atoms with Crippen LogP contribution in [-0.4, -0.2) is 35.4 Å². The van der Waals surface area contributed by atoms with Crippen molar-refractivity contribution in [3.05, 3.63) is 93.8 Å². The maximum atomic E-state index is 13.3. The first-order valence-electron chi connectivity index (χ1n) is 10.1. The Bertz CT molecular complexity index is 1560. The third-order valence-corrected chi connectivity index (χ3v) is 5.16. The maximum Gasteiger partial charge on any atom is 0.263 e. The van der Waals surface area contributed by atoms with E-state index in [0.29, 0.717) is 22.8 Å². The second-order valence-corrected chi connectivity index (χ2v) is 7.51. The van der Waals surface area contributed by atoms with Gasteiger partial charge in [-0.05, 0) is 49.7 Å². The van der Waals surface area contributed by atoms with Crippen LogP contribution in [0.25, 0.3) is 22.7 Å². The topological polar surface area (TPSA) is 110 Å². The molecule has 1 amide bonds. The molecule has 0 spiro atoms. The maximum absolute atomic E-state index is 13.3. The van der Waals surface area contributed by atoms with Gasteiger partial charge in [-0.25, -0.2) is 9.07 Å². The second-order valence-electron chi connectivity index (χ2n) is 7.51. The number of aromatic amines is 1. The lowest BCUT2D eigenvalue weighted by atomic mass is 10.1. The summed E-state index contributed by atoms with van der Waals surface area (Å²) in [4.78, 5) is 32.8. The molecule has 0 radical (unpaired) electrons. The van der Waals surface area contributed by atoms with Crippen LogP contribution in [0.15, 0.2) is 65.6 Å². The van der Waals surface area contributed by atoms with Gasteiger partial charge in [-0.15, -0.1) is 0 Å². The van der Waals surface area contributed by atoms with Gasteiger partial charge < -0.3 is 5.32 Å². The first kappa shape index (κ1) is 20.3. The molecule has 0 aliphatic carbocycles. The first-order chi connectivity index (χ1) is 15.9. The smallest absolute Gasteiger partial charge is 0.263 e. The summed E-state index contributed by atoms with van der Waals surface area (Å²) in [6.45, 7) is 3.61. The number of carbonyl (C=O) groups is 1. The van der Waals surface area contributed by atoms with Crippen LogP contribution >= 0.6 is 0 Å². The normalized spacial score (nSPS) is 11.1. The Kier molecular flexibility index (Phi) is 4.82. The Balaban J connectivity index is 1.59. The molecule has 0 aliphatic heterocycles. The lowest BCUT2D eigenvalue weighted by Crippen LogP contribution is -2.19. The van der Waals surface area contributed by atoms with Crippen molar-refractivity contribution in [2.45, 2.75) is 13.8 Å². The SMILES string of the molecule is Cc1cc(NC(=O)c2ccccc2C)n(-c2nc3c(cnn3-c3ccc(F)cc3)c(=O)[nH]2)n1. The zero-order chi connectivity index (χ0) is 23.1. The molecule has 0 saturated heterocycles. The van der Waals surface area contributed by atoms with Crippen molar-refractivity contribution < 1.29 is 9.18 Å². The van der Waals surface area contributed by atoms with E-state index < -0.39 is 5.56 Å². The third-order valence-electron chi connectivity index (χ3n) is 5.16. The van der Waals surface area contributed by atoms with E-state index >= 15 is 0 Å². The predicted molar refractivity (Wildman–Crippen MR) is 120 cm³/mol. The number of aromatic nitrogens is 6. The van der Waals surface area contributed by atoms with Gasteiger partial charge >= 0.3 is 0 Å². The number of hydrogen-bond acceptors (Lipinski definition) is 5. The van der Waals surface area contributed by atoms with Crippen molar-refractivity contribution >= 4 is 22.8 Å². The lowest BCUT2D eigenvalue weighted by molar-refractivity contribution is 0.102. The van der Waals surface area contributed by atoms with Gasteiger partial charge in [0.15, 0.2) is 5.65 Å². The van der Waals surface area contributed by atoms with Crippen molar-refractivity contribution in [1.29, 1.82) is 0 Å². The van der Waals surface area contributed by atoms with E-state index in [-0.39, 0.29) is 28.7 Å². The Hall–Kier alpha value is -4.60. The highest BCUT2D eigenvalue weighted by atomic mass is 19.1. The molecule has 0 fully saturated rings. The van der Waals surface area contributed by atoms with E-state index in [0.717, 1.165) is 5.56 Å². The molecule has 164 valence electrons. The fourth-order valence-electron chi connectivity index (χ4n) is 3.54. The number of H-pyrrole nitrogens is 1. The van der Waals surface area contributed by atoms with Gasteiger partial charge in [-0.2, -0.15) is 19.9 Å². The molecular weight excluding hydrogens is 425 g/mol. The number of aryl methyl sites for hydroxylation is 2. The minimum Gasteiger partial charge on any atom is -0.306 e. The van der Waals surface area contributed by atoms with Crippen molar-refractivity contribution in [2.24, 2.45) is 0 Å². The number of hydrogen-bond donors (Lipinski definition) is 2. The van der Waals surface area contributed by atoms with E-state index in [9.17, 15) is 14.0 Å². The van der Waals surface area contributed by atoms with Crippen LogP contribution in [0.3, 0.4) is 0 Å². The average Bonchev–Trinajstić information content (AvgIpc) is 3.38. The Morgan fingerprint density at radius 3 is 2.58 bits per heavy atom. The Morgan fingerprint density at radius 2 is 1.82 bits per heavy atom. The number of nitrogens with one attached hydrogen (secondary N) is 2. The van der Waals surface area contributed by atoms with Gasteiger partial charge in [0.2, 0.25) is 5.95 Å². The summed E-state index contributed by atoms with van der Waals surface area (Å²) in [5.74, 6) is -0.252. The molecule has 3 aromatic heterocycles. The molecule has 0 bridgehead atoms. The quantitative estimate of drug-likeness (QED) is 0.443. The summed E-state index contributed by atoms with van der Waals surface area (Å²) >= 11 is 0. The van der Waals surface area contributed by atoms with Crippen molar-refractivity contribution in [2.75, 3.05) is 5.32 Å². The van der Waals surface area contributed by atoms with Gasteiger partial charge in [0, 0.05) is 11.6 Å². The molecule has 5 aromatic rings. The van der Waals surface area contributed by atoms with Crippen molar-refractivity contribution in [3.63, 3.8) is 0 Å². The fourth-order valence-corrected chi connectivity index (χ4v) is 3.54. The van der Waals surface area contributed by atoms with Crippen LogP contribution in [0.5, 0.6) is 0 Å². The Labute approximate surface area is 186 Å². The third kappa shape index (κ3) is 3.67. The number of benzene rings is 2. The average molecular weight is 443 g/mol. The number of nitrogens with zero attached hydrogens (tertiary/aromatic N) is 5. The van der Waals surface area contributed by atoms with Crippen molar-refractivity contribution in [3.8, 4) is 11.6 Å². The number of amides is 1. The van der Waals surface area contributed by atoms with E-state index in [1.807, 2.05) is 19.1 Å². The molecule has 0 aliphatic rings. The zero-order valence-electron chi connectivity index (χ0n) is 17.7. The molecule has 33 heavy (non-hydrogen) atoms. The van der Waals surface area contributed by atoms with E-state index in [1.165, 1.54) is 39.8 Å². The highest BCUT2D eigenvalue weighted by Crippen LogP contribution is 2.19. The number of anilines is 1. The van der Waals surface area contributed by atoms with Crippen LogP contribution < -0.4 is 10.9 Å². The number of carbonyl (C=O) groups excluding carboxylic acids is 1. The lowest BCUT2D eigenvalue weighted by Gasteiger charge is -2.10. The molecule has 9 nitrogen and oxygen atoms in total. The summed E-state index contributed by atoms with van der Waals surface area (Å²) in [5, 5.41) is 11.7. The predicted octanol–water partition coefficient (Wildman–Crippen LogP) is 3.30. The summed E-state index contributed by atoms with van der Waals surface area (Å²) in [5.41, 5.74) is 2.35.